The third kappa shape index (κ3) is 5.87. The van der Waals surface area contributed by atoms with E-state index in [-0.39, 0.29) is 22.9 Å². The van der Waals surface area contributed by atoms with Crippen molar-refractivity contribution >= 4 is 40.7 Å². The first-order valence-electron chi connectivity index (χ1n) is 13.9. The van der Waals surface area contributed by atoms with Crippen LogP contribution in [0.5, 0.6) is 0 Å². The standard InChI is InChI=1S/C27H35Cl2N9O2/c1-4-6-22-34-35-26(40-22)20-13-31-25(23(29)32-20)37-15-17(5-2)38(14-16(37)3)18-9-11-36(12-10-18)27(39)19-7-8-21(28)33-24(19)30/h7-8,13,16-18H,4-6,9-12,14-15H2,1-3H3,(H2,30,33)/t16-,17+/m1/s1. The van der Waals surface area contributed by atoms with Crippen LogP contribution in [0, 0.1) is 0 Å². The number of carbonyl (C=O) groups excluding carboxylic acids is 1. The zero-order chi connectivity index (χ0) is 28.4. The van der Waals surface area contributed by atoms with E-state index >= 15 is 0 Å². The van der Waals surface area contributed by atoms with E-state index < -0.39 is 0 Å². The van der Waals surface area contributed by atoms with Crippen LogP contribution < -0.4 is 10.6 Å². The minimum Gasteiger partial charge on any atom is -0.419 e. The summed E-state index contributed by atoms with van der Waals surface area (Å²) in [5.74, 6) is 1.65. The molecule has 214 valence electrons. The fraction of sp³-hybridized carbons (Fsp3) is 0.556. The highest BCUT2D eigenvalue weighted by Crippen LogP contribution is 2.32. The number of carbonyl (C=O) groups is 1. The molecule has 40 heavy (non-hydrogen) atoms. The molecule has 5 heterocycles. The van der Waals surface area contributed by atoms with Gasteiger partial charge in [0.1, 0.15) is 16.7 Å². The quantitative estimate of drug-likeness (QED) is 0.398. The Bertz CT molecular complexity index is 1350. The Hall–Kier alpha value is -3.02. The van der Waals surface area contributed by atoms with E-state index in [1.165, 1.54) is 0 Å². The van der Waals surface area contributed by atoms with Gasteiger partial charge in [0, 0.05) is 50.7 Å². The van der Waals surface area contributed by atoms with Gasteiger partial charge in [-0.15, -0.1) is 10.2 Å². The number of hydrogen-bond acceptors (Lipinski definition) is 10. The number of hydrogen-bond donors (Lipinski definition) is 1. The average molecular weight is 589 g/mol. The number of aryl methyl sites for hydroxylation is 1. The van der Waals surface area contributed by atoms with Gasteiger partial charge in [0.25, 0.3) is 11.8 Å². The molecule has 0 unspecified atom stereocenters. The number of piperidine rings is 1. The molecule has 2 saturated heterocycles. The van der Waals surface area contributed by atoms with Crippen molar-refractivity contribution in [2.75, 3.05) is 36.8 Å². The van der Waals surface area contributed by atoms with Gasteiger partial charge in [0.15, 0.2) is 11.0 Å². The summed E-state index contributed by atoms with van der Waals surface area (Å²) in [6.45, 7) is 9.46. The van der Waals surface area contributed by atoms with Gasteiger partial charge in [0.05, 0.1) is 11.8 Å². The number of nitrogens with zero attached hydrogens (tertiary/aromatic N) is 8. The molecular weight excluding hydrogens is 553 g/mol. The lowest BCUT2D eigenvalue weighted by molar-refractivity contribution is 0.0435. The van der Waals surface area contributed by atoms with Crippen molar-refractivity contribution in [2.45, 2.75) is 71.0 Å². The molecule has 0 aliphatic carbocycles. The SMILES string of the molecule is CCCc1nnc(-c2cnc(N3C[C@H](CC)N(C4CCN(C(=O)c5ccc(Cl)nc5N)CC4)C[C@H]3C)c(Cl)n2)o1. The number of nitrogens with two attached hydrogens (primary N) is 1. The molecule has 0 bridgehead atoms. The minimum atomic E-state index is -0.0934. The van der Waals surface area contributed by atoms with Crippen LogP contribution in [0.25, 0.3) is 11.6 Å². The summed E-state index contributed by atoms with van der Waals surface area (Å²) in [6, 6.07) is 4.14. The molecule has 1 amide bonds. The van der Waals surface area contributed by atoms with E-state index in [1.54, 1.807) is 18.3 Å². The average Bonchev–Trinajstić information content (AvgIpc) is 3.42. The molecule has 0 radical (unpaired) electrons. The number of nitrogen functional groups attached to an aromatic ring is 1. The second kappa shape index (κ2) is 12.2. The summed E-state index contributed by atoms with van der Waals surface area (Å²) in [6.07, 6.45) is 6.07. The Morgan fingerprint density at radius 1 is 1.12 bits per heavy atom. The Balaban J connectivity index is 1.23. The third-order valence-electron chi connectivity index (χ3n) is 7.83. The molecule has 3 aromatic rings. The molecule has 3 aromatic heterocycles. The van der Waals surface area contributed by atoms with Gasteiger partial charge in [-0.3, -0.25) is 9.69 Å². The number of amides is 1. The molecule has 2 aliphatic heterocycles. The lowest BCUT2D eigenvalue weighted by Gasteiger charge is -2.50. The molecule has 5 rings (SSSR count). The van der Waals surface area contributed by atoms with Crippen LogP contribution in [0.1, 0.15) is 62.7 Å². The van der Waals surface area contributed by atoms with Gasteiger partial charge in [-0.25, -0.2) is 15.0 Å². The lowest BCUT2D eigenvalue weighted by atomic mass is 9.96. The number of halogens is 2. The van der Waals surface area contributed by atoms with Crippen molar-refractivity contribution in [1.29, 1.82) is 0 Å². The van der Waals surface area contributed by atoms with E-state index in [0.29, 0.717) is 59.2 Å². The van der Waals surface area contributed by atoms with E-state index in [0.717, 1.165) is 45.2 Å². The van der Waals surface area contributed by atoms with Crippen LogP contribution in [0.4, 0.5) is 11.6 Å². The predicted octanol–water partition coefficient (Wildman–Crippen LogP) is 4.36. The van der Waals surface area contributed by atoms with Crippen LogP contribution in [-0.4, -0.2) is 85.2 Å². The van der Waals surface area contributed by atoms with E-state index in [9.17, 15) is 4.79 Å². The number of rotatable bonds is 7. The second-order valence-corrected chi connectivity index (χ2v) is 11.2. The number of anilines is 2. The van der Waals surface area contributed by atoms with Crippen molar-refractivity contribution in [3.8, 4) is 11.6 Å². The molecule has 2 N–H and O–H groups in total. The van der Waals surface area contributed by atoms with Gasteiger partial charge >= 0.3 is 0 Å². The fourth-order valence-electron chi connectivity index (χ4n) is 5.70. The van der Waals surface area contributed by atoms with Crippen molar-refractivity contribution in [2.24, 2.45) is 0 Å². The van der Waals surface area contributed by atoms with Crippen molar-refractivity contribution in [1.82, 2.24) is 34.9 Å². The van der Waals surface area contributed by atoms with Gasteiger partial charge < -0.3 is 20.0 Å². The molecule has 0 spiro atoms. The van der Waals surface area contributed by atoms with Crippen molar-refractivity contribution in [3.05, 3.63) is 40.1 Å². The summed E-state index contributed by atoms with van der Waals surface area (Å²) in [7, 11) is 0. The highest BCUT2D eigenvalue weighted by atomic mass is 35.5. The molecule has 0 aromatic carbocycles. The molecule has 11 nitrogen and oxygen atoms in total. The second-order valence-electron chi connectivity index (χ2n) is 10.5. The molecule has 13 heteroatoms. The maximum absolute atomic E-state index is 13.1. The number of aromatic nitrogens is 5. The van der Waals surface area contributed by atoms with Crippen LogP contribution in [0.3, 0.4) is 0 Å². The zero-order valence-corrected chi connectivity index (χ0v) is 24.6. The Kier molecular flexibility index (Phi) is 8.72. The van der Waals surface area contributed by atoms with Crippen LogP contribution in [0.15, 0.2) is 22.7 Å². The topological polar surface area (TPSA) is 130 Å². The largest absolute Gasteiger partial charge is 0.419 e. The first kappa shape index (κ1) is 28.5. The number of pyridine rings is 1. The van der Waals surface area contributed by atoms with Crippen LogP contribution in [-0.2, 0) is 6.42 Å². The molecule has 0 saturated carbocycles. The minimum absolute atomic E-state index is 0.0934. The molecule has 2 atom stereocenters. The first-order chi connectivity index (χ1) is 19.3. The lowest BCUT2D eigenvalue weighted by Crippen LogP contribution is -2.62. The smallest absolute Gasteiger partial charge is 0.267 e. The van der Waals surface area contributed by atoms with Crippen LogP contribution in [0.2, 0.25) is 10.3 Å². The summed E-state index contributed by atoms with van der Waals surface area (Å²) in [4.78, 5) is 33.0. The monoisotopic (exact) mass is 587 g/mol. The van der Waals surface area contributed by atoms with Gasteiger partial charge in [0.2, 0.25) is 5.89 Å². The maximum atomic E-state index is 13.1. The van der Waals surface area contributed by atoms with E-state index in [2.05, 4.69) is 55.7 Å². The first-order valence-corrected chi connectivity index (χ1v) is 14.6. The third-order valence-corrected chi connectivity index (χ3v) is 8.29. The molecule has 2 fully saturated rings. The van der Waals surface area contributed by atoms with Crippen molar-refractivity contribution < 1.29 is 9.21 Å². The van der Waals surface area contributed by atoms with Crippen molar-refractivity contribution in [3.63, 3.8) is 0 Å². The normalized spacial score (nSPS) is 20.7. The summed E-state index contributed by atoms with van der Waals surface area (Å²) < 4.78 is 5.70. The Morgan fingerprint density at radius 2 is 1.90 bits per heavy atom. The van der Waals surface area contributed by atoms with E-state index in [4.69, 9.17) is 33.4 Å². The highest BCUT2D eigenvalue weighted by molar-refractivity contribution is 6.31. The van der Waals surface area contributed by atoms with E-state index in [1.807, 2.05) is 4.90 Å². The summed E-state index contributed by atoms with van der Waals surface area (Å²) >= 11 is 12.6. The van der Waals surface area contributed by atoms with Gasteiger partial charge in [-0.05, 0) is 44.7 Å². The maximum Gasteiger partial charge on any atom is 0.267 e. The predicted molar refractivity (Wildman–Crippen MR) is 155 cm³/mol. The van der Waals surface area contributed by atoms with Gasteiger partial charge in [-0.2, -0.15) is 0 Å². The Labute approximate surface area is 244 Å². The highest BCUT2D eigenvalue weighted by Gasteiger charge is 2.38. The number of likely N-dealkylation sites (tertiary alicyclic amines) is 1. The fourth-order valence-corrected chi connectivity index (χ4v) is 6.10. The number of piperazine rings is 1. The summed E-state index contributed by atoms with van der Waals surface area (Å²) in [5.41, 5.74) is 6.84. The zero-order valence-electron chi connectivity index (χ0n) is 23.1. The van der Waals surface area contributed by atoms with Crippen LogP contribution >= 0.6 is 23.2 Å². The molecular formula is C27H35Cl2N9O2. The summed E-state index contributed by atoms with van der Waals surface area (Å²) in [5, 5.41) is 8.77. The Morgan fingerprint density at radius 3 is 2.58 bits per heavy atom. The molecule has 2 aliphatic rings. The van der Waals surface area contributed by atoms with Gasteiger partial charge in [-0.1, -0.05) is 37.0 Å².